The van der Waals surface area contributed by atoms with E-state index in [4.69, 9.17) is 4.74 Å². The van der Waals surface area contributed by atoms with Gasteiger partial charge in [0.2, 0.25) is 0 Å². The molecule has 0 spiro atoms. The lowest BCUT2D eigenvalue weighted by Crippen LogP contribution is -2.52. The van der Waals surface area contributed by atoms with Crippen LogP contribution in [0.5, 0.6) is 5.75 Å². The Hall–Kier alpha value is -2.28. The lowest BCUT2D eigenvalue weighted by molar-refractivity contribution is 0.367. The summed E-state index contributed by atoms with van der Waals surface area (Å²) in [7, 11) is 3.57. The van der Waals surface area contributed by atoms with E-state index in [0.29, 0.717) is 0 Å². The molecular weight excluding hydrogens is 334 g/mol. The van der Waals surface area contributed by atoms with E-state index in [1.807, 2.05) is 31.6 Å². The number of anilines is 1. The molecule has 0 atom stereocenters. The maximum absolute atomic E-state index is 5.49. The second-order valence-electron chi connectivity index (χ2n) is 5.91. The molecule has 7 heteroatoms. The average Bonchev–Trinajstić information content (AvgIpc) is 3.07. The summed E-state index contributed by atoms with van der Waals surface area (Å²) in [6.07, 6.45) is 0. The molecule has 3 rings (SSSR count). The summed E-state index contributed by atoms with van der Waals surface area (Å²) in [6, 6.07) is 8.20. The molecule has 1 aromatic heterocycles. The number of thiazole rings is 1. The van der Waals surface area contributed by atoms with Crippen molar-refractivity contribution in [3.05, 3.63) is 40.3 Å². The first kappa shape index (κ1) is 17.5. The minimum atomic E-state index is 0.774. The second-order valence-corrected chi connectivity index (χ2v) is 6.85. The van der Waals surface area contributed by atoms with Crippen molar-refractivity contribution in [3.8, 4) is 5.75 Å². The smallest absolute Gasteiger partial charge is 0.194 e. The van der Waals surface area contributed by atoms with Gasteiger partial charge in [0.25, 0.3) is 0 Å². The van der Waals surface area contributed by atoms with Gasteiger partial charge in [-0.2, -0.15) is 0 Å². The highest BCUT2D eigenvalue weighted by molar-refractivity contribution is 7.09. The van der Waals surface area contributed by atoms with Gasteiger partial charge in [-0.25, -0.2) is 4.98 Å². The molecule has 0 unspecified atom stereocenters. The summed E-state index contributed by atoms with van der Waals surface area (Å²) >= 11 is 1.68. The van der Waals surface area contributed by atoms with E-state index < -0.39 is 0 Å². The molecule has 25 heavy (non-hydrogen) atoms. The number of aliphatic imine (C=N–C) groups is 1. The highest BCUT2D eigenvalue weighted by atomic mass is 32.1. The average molecular weight is 359 g/mol. The van der Waals surface area contributed by atoms with Crippen molar-refractivity contribution < 1.29 is 4.74 Å². The zero-order valence-corrected chi connectivity index (χ0v) is 15.8. The SMILES string of the molecule is CN=C(NCc1scnc1C)N1CCN(c2ccccc2OC)CC1. The number of aromatic nitrogens is 1. The minimum Gasteiger partial charge on any atom is -0.495 e. The van der Waals surface area contributed by atoms with Gasteiger partial charge in [-0.15, -0.1) is 11.3 Å². The first-order chi connectivity index (χ1) is 12.2. The maximum Gasteiger partial charge on any atom is 0.194 e. The number of rotatable bonds is 4. The Balaban J connectivity index is 1.58. The number of ether oxygens (including phenoxy) is 1. The van der Waals surface area contributed by atoms with Crippen LogP contribution in [0.4, 0.5) is 5.69 Å². The van der Waals surface area contributed by atoms with Crippen LogP contribution in [0.2, 0.25) is 0 Å². The molecular formula is C18H25N5OS. The first-order valence-corrected chi connectivity index (χ1v) is 9.33. The zero-order valence-electron chi connectivity index (χ0n) is 15.0. The van der Waals surface area contributed by atoms with Gasteiger partial charge >= 0.3 is 0 Å². The fourth-order valence-electron chi connectivity index (χ4n) is 3.04. The van der Waals surface area contributed by atoms with Gasteiger partial charge in [-0.3, -0.25) is 4.99 Å². The molecule has 1 aliphatic heterocycles. The lowest BCUT2D eigenvalue weighted by Gasteiger charge is -2.38. The van der Waals surface area contributed by atoms with Crippen LogP contribution in [0.1, 0.15) is 10.6 Å². The van der Waals surface area contributed by atoms with Crippen molar-refractivity contribution >= 4 is 23.0 Å². The fraction of sp³-hybridized carbons (Fsp3) is 0.444. The maximum atomic E-state index is 5.49. The monoisotopic (exact) mass is 359 g/mol. The summed E-state index contributed by atoms with van der Waals surface area (Å²) in [5, 5.41) is 3.46. The molecule has 1 aromatic carbocycles. The van der Waals surface area contributed by atoms with Crippen molar-refractivity contribution in [1.29, 1.82) is 0 Å². The van der Waals surface area contributed by atoms with Gasteiger partial charge in [0, 0.05) is 38.1 Å². The molecule has 0 bridgehead atoms. The third kappa shape index (κ3) is 4.04. The van der Waals surface area contributed by atoms with Crippen molar-refractivity contribution in [3.63, 3.8) is 0 Å². The third-order valence-corrected chi connectivity index (χ3v) is 5.40. The van der Waals surface area contributed by atoms with Crippen molar-refractivity contribution in [2.45, 2.75) is 13.5 Å². The molecule has 1 fully saturated rings. The van der Waals surface area contributed by atoms with E-state index in [1.54, 1.807) is 18.4 Å². The normalized spacial score (nSPS) is 15.4. The number of benzene rings is 1. The Labute approximate surface area is 153 Å². The number of nitrogens with one attached hydrogen (secondary N) is 1. The van der Waals surface area contributed by atoms with Crippen LogP contribution in [0.15, 0.2) is 34.8 Å². The quantitative estimate of drug-likeness (QED) is 0.671. The number of aryl methyl sites for hydroxylation is 1. The predicted molar refractivity (Wildman–Crippen MR) is 104 cm³/mol. The lowest BCUT2D eigenvalue weighted by atomic mass is 10.2. The van der Waals surface area contributed by atoms with Crippen LogP contribution in [-0.4, -0.2) is 56.2 Å². The molecule has 2 heterocycles. The summed E-state index contributed by atoms with van der Waals surface area (Å²) < 4.78 is 5.49. The Kier molecular flexibility index (Phi) is 5.75. The molecule has 0 aliphatic carbocycles. The van der Waals surface area contributed by atoms with Gasteiger partial charge in [0.15, 0.2) is 5.96 Å². The largest absolute Gasteiger partial charge is 0.495 e. The van der Waals surface area contributed by atoms with Crippen molar-refractivity contribution in [2.24, 2.45) is 4.99 Å². The minimum absolute atomic E-state index is 0.774. The first-order valence-electron chi connectivity index (χ1n) is 8.45. The van der Waals surface area contributed by atoms with Crippen molar-refractivity contribution in [1.82, 2.24) is 15.2 Å². The van der Waals surface area contributed by atoms with Crippen LogP contribution >= 0.6 is 11.3 Å². The molecule has 6 nitrogen and oxygen atoms in total. The van der Waals surface area contributed by atoms with E-state index in [0.717, 1.165) is 55.8 Å². The van der Waals surface area contributed by atoms with Crippen molar-refractivity contribution in [2.75, 3.05) is 45.2 Å². The number of para-hydroxylation sites is 2. The molecule has 0 amide bonds. The number of guanidine groups is 1. The molecule has 0 saturated carbocycles. The Bertz CT molecular complexity index is 722. The van der Waals surface area contributed by atoms with Crippen LogP contribution < -0.4 is 15.0 Å². The van der Waals surface area contributed by atoms with Gasteiger partial charge < -0.3 is 19.9 Å². The molecule has 1 N–H and O–H groups in total. The van der Waals surface area contributed by atoms with E-state index in [-0.39, 0.29) is 0 Å². The Morgan fingerprint density at radius 2 is 2.04 bits per heavy atom. The van der Waals surface area contributed by atoms with Gasteiger partial charge in [0.05, 0.1) is 30.5 Å². The highest BCUT2D eigenvalue weighted by Crippen LogP contribution is 2.28. The third-order valence-electron chi connectivity index (χ3n) is 4.47. The number of hydrogen-bond acceptors (Lipinski definition) is 5. The Morgan fingerprint density at radius 3 is 2.68 bits per heavy atom. The molecule has 0 radical (unpaired) electrons. The summed E-state index contributed by atoms with van der Waals surface area (Å²) in [6.45, 7) is 6.57. The second kappa shape index (κ2) is 8.20. The van der Waals surface area contributed by atoms with Crippen LogP contribution in [0.3, 0.4) is 0 Å². The molecule has 1 saturated heterocycles. The predicted octanol–water partition coefficient (Wildman–Crippen LogP) is 2.36. The van der Waals surface area contributed by atoms with E-state index in [2.05, 4.69) is 37.2 Å². The standard InChI is InChI=1S/C18H25N5OS/c1-14-17(25-13-21-14)12-20-18(19-2)23-10-8-22(9-11-23)15-6-4-5-7-16(15)24-3/h4-7,13H,8-12H2,1-3H3,(H,19,20). The fourth-order valence-corrected chi connectivity index (χ4v) is 3.75. The zero-order chi connectivity index (χ0) is 17.6. The topological polar surface area (TPSA) is 53.0 Å². The number of nitrogens with zero attached hydrogens (tertiary/aromatic N) is 4. The molecule has 1 aliphatic rings. The van der Waals surface area contributed by atoms with E-state index >= 15 is 0 Å². The van der Waals surface area contributed by atoms with Crippen LogP contribution in [-0.2, 0) is 6.54 Å². The summed E-state index contributed by atoms with van der Waals surface area (Å²) in [4.78, 5) is 14.7. The van der Waals surface area contributed by atoms with Gasteiger partial charge in [-0.05, 0) is 19.1 Å². The molecule has 134 valence electrons. The molecule has 2 aromatic rings. The van der Waals surface area contributed by atoms with E-state index in [1.165, 1.54) is 4.88 Å². The Morgan fingerprint density at radius 1 is 1.28 bits per heavy atom. The highest BCUT2D eigenvalue weighted by Gasteiger charge is 2.21. The number of hydrogen-bond donors (Lipinski definition) is 1. The summed E-state index contributed by atoms with van der Waals surface area (Å²) in [5.74, 6) is 1.88. The van der Waals surface area contributed by atoms with Gasteiger partial charge in [-0.1, -0.05) is 12.1 Å². The van der Waals surface area contributed by atoms with E-state index in [9.17, 15) is 0 Å². The summed E-state index contributed by atoms with van der Waals surface area (Å²) in [5.41, 5.74) is 4.14. The number of methoxy groups -OCH3 is 1. The number of piperazine rings is 1. The van der Waals surface area contributed by atoms with Crippen LogP contribution in [0.25, 0.3) is 0 Å². The van der Waals surface area contributed by atoms with Gasteiger partial charge in [0.1, 0.15) is 5.75 Å². The van der Waals surface area contributed by atoms with Crippen LogP contribution in [0, 0.1) is 6.92 Å².